The third-order valence-corrected chi connectivity index (χ3v) is 6.17. The molecule has 1 aromatic heterocycles. The lowest BCUT2D eigenvalue weighted by Crippen LogP contribution is -2.44. The zero-order valence-corrected chi connectivity index (χ0v) is 19.8. The molecule has 2 heterocycles. The number of nitrogens with one attached hydrogen (secondary N) is 1. The third kappa shape index (κ3) is 4.59. The third-order valence-electron chi connectivity index (χ3n) is 6.17. The average Bonchev–Trinajstić information content (AvgIpc) is 2.78. The second-order valence-corrected chi connectivity index (χ2v) is 9.32. The van der Waals surface area contributed by atoms with E-state index in [9.17, 15) is 14.7 Å². The summed E-state index contributed by atoms with van der Waals surface area (Å²) in [5.41, 5.74) is 2.58. The van der Waals surface area contributed by atoms with Crippen molar-refractivity contribution < 1.29 is 9.90 Å². The van der Waals surface area contributed by atoms with Gasteiger partial charge in [-0.3, -0.25) is 9.59 Å². The van der Waals surface area contributed by atoms with Gasteiger partial charge in [0.15, 0.2) is 0 Å². The van der Waals surface area contributed by atoms with E-state index >= 15 is 0 Å². The van der Waals surface area contributed by atoms with Crippen LogP contribution in [0.25, 0.3) is 10.9 Å². The Bertz CT molecular complexity index is 1240. The topological polar surface area (TPSA) is 77.8 Å². The first-order chi connectivity index (χ1) is 15.8. The zero-order valence-electron chi connectivity index (χ0n) is 19.8. The summed E-state index contributed by atoms with van der Waals surface area (Å²) in [6.45, 7) is 10.1. The molecule has 174 valence electrons. The molecule has 33 heavy (non-hydrogen) atoms. The van der Waals surface area contributed by atoms with Crippen LogP contribution in [0.15, 0.2) is 47.3 Å². The number of rotatable bonds is 5. The molecule has 7 heteroatoms. The van der Waals surface area contributed by atoms with Crippen LogP contribution < -0.4 is 15.8 Å². The number of anilines is 2. The molecule has 1 aliphatic rings. The molecule has 4 rings (SSSR count). The number of fused-ring (bicyclic) bond motifs is 1. The Morgan fingerprint density at radius 2 is 1.79 bits per heavy atom. The van der Waals surface area contributed by atoms with Crippen LogP contribution in [-0.4, -0.2) is 53.7 Å². The summed E-state index contributed by atoms with van der Waals surface area (Å²) < 4.78 is 1.59. The maximum atomic E-state index is 13.4. The first kappa shape index (κ1) is 22.9. The fourth-order valence-electron chi connectivity index (χ4n) is 4.38. The van der Waals surface area contributed by atoms with Crippen molar-refractivity contribution in [1.82, 2.24) is 9.47 Å². The van der Waals surface area contributed by atoms with E-state index in [2.05, 4.69) is 28.2 Å². The molecule has 1 fully saturated rings. The minimum absolute atomic E-state index is 0.201. The molecule has 2 N–H and O–H groups in total. The first-order valence-electron chi connectivity index (χ1n) is 11.5. The Labute approximate surface area is 194 Å². The van der Waals surface area contributed by atoms with Crippen molar-refractivity contribution in [2.24, 2.45) is 5.92 Å². The van der Waals surface area contributed by atoms with Gasteiger partial charge in [0.2, 0.25) is 0 Å². The monoisotopic (exact) mass is 448 g/mol. The SMILES string of the molecule is Cc1ccc(NC(=O)c2c(O)c3ccccc3n(CC(C)C)c2=O)c(N2CCN(C)CC2)c1. The Kier molecular flexibility index (Phi) is 6.42. The average molecular weight is 449 g/mol. The molecule has 7 nitrogen and oxygen atoms in total. The molecular formula is C26H32N4O3. The minimum atomic E-state index is -0.597. The van der Waals surface area contributed by atoms with Crippen molar-refractivity contribution in [3.05, 3.63) is 63.9 Å². The van der Waals surface area contributed by atoms with Crippen molar-refractivity contribution in [1.29, 1.82) is 0 Å². The van der Waals surface area contributed by atoms with Gasteiger partial charge in [0.25, 0.3) is 11.5 Å². The van der Waals surface area contributed by atoms with Crippen molar-refractivity contribution >= 4 is 28.2 Å². The van der Waals surface area contributed by atoms with E-state index in [-0.39, 0.29) is 17.2 Å². The molecule has 0 unspecified atom stereocenters. The molecule has 1 saturated heterocycles. The number of likely N-dealkylation sites (N-methyl/N-ethyl adjacent to an activating group) is 1. The summed E-state index contributed by atoms with van der Waals surface area (Å²) in [5.74, 6) is -0.672. The molecule has 0 spiro atoms. The van der Waals surface area contributed by atoms with Crippen molar-refractivity contribution in [3.8, 4) is 5.75 Å². The Morgan fingerprint density at radius 3 is 2.48 bits per heavy atom. The Morgan fingerprint density at radius 1 is 1.09 bits per heavy atom. The van der Waals surface area contributed by atoms with Crippen LogP contribution in [0.1, 0.15) is 29.8 Å². The summed E-state index contributed by atoms with van der Waals surface area (Å²) in [7, 11) is 2.10. The molecule has 2 aromatic carbocycles. The van der Waals surface area contributed by atoms with Crippen molar-refractivity contribution in [3.63, 3.8) is 0 Å². The van der Waals surface area contributed by atoms with E-state index in [1.807, 2.05) is 39.0 Å². The fraction of sp³-hybridized carbons (Fsp3) is 0.385. The maximum Gasteiger partial charge on any atom is 0.267 e. The summed E-state index contributed by atoms with van der Waals surface area (Å²) >= 11 is 0. The van der Waals surface area contributed by atoms with E-state index in [0.717, 1.165) is 37.4 Å². The summed E-state index contributed by atoms with van der Waals surface area (Å²) in [5, 5.41) is 14.4. The zero-order chi connectivity index (χ0) is 23.7. The number of amides is 1. The van der Waals surface area contributed by atoms with Crippen LogP contribution in [0.3, 0.4) is 0 Å². The van der Waals surface area contributed by atoms with E-state index in [1.54, 1.807) is 22.8 Å². The van der Waals surface area contributed by atoms with E-state index < -0.39 is 11.5 Å². The minimum Gasteiger partial charge on any atom is -0.506 e. The number of aryl methyl sites for hydroxylation is 1. The fourth-order valence-corrected chi connectivity index (χ4v) is 4.38. The molecular weight excluding hydrogens is 416 g/mol. The lowest BCUT2D eigenvalue weighted by Gasteiger charge is -2.35. The van der Waals surface area contributed by atoms with E-state index in [4.69, 9.17) is 0 Å². The number of nitrogens with zero attached hydrogens (tertiary/aromatic N) is 3. The predicted molar refractivity (Wildman–Crippen MR) is 134 cm³/mol. The molecule has 0 atom stereocenters. The second-order valence-electron chi connectivity index (χ2n) is 9.32. The van der Waals surface area contributed by atoms with Crippen LogP contribution in [0.4, 0.5) is 11.4 Å². The van der Waals surface area contributed by atoms with Crippen LogP contribution in [0.2, 0.25) is 0 Å². The van der Waals surface area contributed by atoms with Gasteiger partial charge in [-0.25, -0.2) is 0 Å². The number of benzene rings is 2. The second kappa shape index (κ2) is 9.27. The van der Waals surface area contributed by atoms with Crippen LogP contribution in [-0.2, 0) is 6.54 Å². The van der Waals surface area contributed by atoms with Gasteiger partial charge < -0.3 is 24.8 Å². The highest BCUT2D eigenvalue weighted by Crippen LogP contribution is 2.31. The first-order valence-corrected chi connectivity index (χ1v) is 11.5. The molecule has 1 amide bonds. The lowest BCUT2D eigenvalue weighted by atomic mass is 10.1. The van der Waals surface area contributed by atoms with Gasteiger partial charge in [0.1, 0.15) is 11.3 Å². The Hall–Kier alpha value is -3.32. The van der Waals surface area contributed by atoms with Gasteiger partial charge in [0.05, 0.1) is 16.9 Å². The number of aromatic nitrogens is 1. The number of hydrogen-bond acceptors (Lipinski definition) is 5. The van der Waals surface area contributed by atoms with Gasteiger partial charge in [0, 0.05) is 38.1 Å². The molecule has 1 aliphatic heterocycles. The smallest absolute Gasteiger partial charge is 0.267 e. The van der Waals surface area contributed by atoms with Gasteiger partial charge in [-0.15, -0.1) is 0 Å². The quantitative estimate of drug-likeness (QED) is 0.623. The number of para-hydroxylation sites is 1. The van der Waals surface area contributed by atoms with Crippen LogP contribution >= 0.6 is 0 Å². The molecule has 3 aromatic rings. The molecule has 0 saturated carbocycles. The van der Waals surface area contributed by atoms with Crippen LogP contribution in [0.5, 0.6) is 5.75 Å². The predicted octanol–water partition coefficient (Wildman–Crippen LogP) is 3.68. The summed E-state index contributed by atoms with van der Waals surface area (Å²) in [6, 6.07) is 13.0. The number of hydrogen-bond donors (Lipinski definition) is 2. The highest BCUT2D eigenvalue weighted by Gasteiger charge is 2.24. The Balaban J connectivity index is 1.76. The van der Waals surface area contributed by atoms with Gasteiger partial charge >= 0.3 is 0 Å². The van der Waals surface area contributed by atoms with Crippen LogP contribution in [0, 0.1) is 12.8 Å². The number of piperazine rings is 1. The largest absolute Gasteiger partial charge is 0.506 e. The number of carbonyl (C=O) groups is 1. The number of carbonyl (C=O) groups excluding carboxylic acids is 1. The number of aromatic hydroxyl groups is 1. The molecule has 0 bridgehead atoms. The van der Waals surface area contributed by atoms with Gasteiger partial charge in [-0.05, 0) is 49.7 Å². The van der Waals surface area contributed by atoms with Crippen molar-refractivity contribution in [2.45, 2.75) is 27.3 Å². The summed E-state index contributed by atoms with van der Waals surface area (Å²) in [4.78, 5) is 31.3. The lowest BCUT2D eigenvalue weighted by molar-refractivity contribution is 0.102. The molecule has 0 radical (unpaired) electrons. The van der Waals surface area contributed by atoms with Gasteiger partial charge in [-0.2, -0.15) is 0 Å². The van der Waals surface area contributed by atoms with Crippen molar-refractivity contribution in [2.75, 3.05) is 43.4 Å². The highest BCUT2D eigenvalue weighted by atomic mass is 16.3. The molecule has 0 aliphatic carbocycles. The van der Waals surface area contributed by atoms with E-state index in [0.29, 0.717) is 23.1 Å². The number of pyridine rings is 1. The summed E-state index contributed by atoms with van der Waals surface area (Å²) in [6.07, 6.45) is 0. The maximum absolute atomic E-state index is 13.4. The van der Waals surface area contributed by atoms with E-state index in [1.165, 1.54) is 0 Å². The highest BCUT2D eigenvalue weighted by molar-refractivity contribution is 6.10. The normalized spacial score (nSPS) is 14.8. The standard InChI is InChI=1S/C26H32N4O3/c1-17(2)16-30-21-8-6-5-7-19(21)24(31)23(26(30)33)25(32)27-20-10-9-18(3)15-22(20)29-13-11-28(4)12-14-29/h5-10,15,17,31H,11-14,16H2,1-4H3,(H,27,32). The van der Waals surface area contributed by atoms with Gasteiger partial charge in [-0.1, -0.05) is 32.0 Å².